The molecule has 0 bridgehead atoms. The fourth-order valence-corrected chi connectivity index (χ4v) is 4.59. The van der Waals surface area contributed by atoms with Gasteiger partial charge in [0, 0.05) is 5.56 Å². The van der Waals surface area contributed by atoms with Crippen LogP contribution in [0, 0.1) is 6.92 Å². The van der Waals surface area contributed by atoms with Crippen LogP contribution >= 0.6 is 0 Å². The van der Waals surface area contributed by atoms with Crippen molar-refractivity contribution in [2.24, 2.45) is 5.73 Å². The van der Waals surface area contributed by atoms with Gasteiger partial charge >= 0.3 is 0 Å². The quantitative estimate of drug-likeness (QED) is 0.222. The van der Waals surface area contributed by atoms with E-state index < -0.39 is 0 Å². The number of fused-ring (bicyclic) bond motifs is 2. The summed E-state index contributed by atoms with van der Waals surface area (Å²) < 4.78 is 0. The van der Waals surface area contributed by atoms with Crippen LogP contribution in [0.2, 0.25) is 0 Å². The lowest BCUT2D eigenvalue weighted by Crippen LogP contribution is -1.94. The van der Waals surface area contributed by atoms with Gasteiger partial charge in [0.25, 0.3) is 0 Å². The Morgan fingerprint density at radius 1 is 0.735 bits per heavy atom. The van der Waals surface area contributed by atoms with Gasteiger partial charge in [0.15, 0.2) is 0 Å². The van der Waals surface area contributed by atoms with Crippen molar-refractivity contribution in [1.29, 1.82) is 0 Å². The predicted molar refractivity (Wildman–Crippen MR) is 146 cm³/mol. The summed E-state index contributed by atoms with van der Waals surface area (Å²) in [4.78, 5) is 5.03. The number of hydrogen-bond acceptors (Lipinski definition) is 2. The van der Waals surface area contributed by atoms with E-state index in [2.05, 4.69) is 92.4 Å². The molecule has 1 aromatic heterocycles. The average Bonchev–Trinajstić information content (AvgIpc) is 2.87. The summed E-state index contributed by atoms with van der Waals surface area (Å²) >= 11 is 0. The van der Waals surface area contributed by atoms with Gasteiger partial charge in [0.1, 0.15) is 0 Å². The summed E-state index contributed by atoms with van der Waals surface area (Å²) in [5.74, 6) is 0. The Hall–Kier alpha value is -4.43. The van der Waals surface area contributed by atoms with Gasteiger partial charge in [-0.05, 0) is 69.6 Å². The highest BCUT2D eigenvalue weighted by molar-refractivity contribution is 6.21. The van der Waals surface area contributed by atoms with E-state index in [-0.39, 0.29) is 0 Å². The van der Waals surface area contributed by atoms with E-state index >= 15 is 0 Å². The molecule has 2 heteroatoms. The van der Waals surface area contributed by atoms with Gasteiger partial charge in [0.2, 0.25) is 0 Å². The molecular formula is C32H26N2. The number of benzene rings is 4. The summed E-state index contributed by atoms with van der Waals surface area (Å²) in [7, 11) is 0. The minimum absolute atomic E-state index is 0.838. The molecule has 0 aliphatic carbocycles. The monoisotopic (exact) mass is 438 g/mol. The molecule has 34 heavy (non-hydrogen) atoms. The summed E-state index contributed by atoms with van der Waals surface area (Å²) in [6, 6.07) is 32.1. The largest absolute Gasteiger partial charge is 0.405 e. The normalized spacial score (nSPS) is 11.7. The average molecular weight is 439 g/mol. The van der Waals surface area contributed by atoms with Crippen molar-refractivity contribution in [3.8, 4) is 22.4 Å². The second-order valence-corrected chi connectivity index (χ2v) is 8.39. The molecule has 0 unspecified atom stereocenters. The highest BCUT2D eigenvalue weighted by Gasteiger charge is 2.17. The number of rotatable bonds is 5. The fraction of sp³-hybridized carbons (Fsp3) is 0.0312. The Kier molecular flexibility index (Phi) is 5.80. The zero-order chi connectivity index (χ0) is 23.5. The second-order valence-electron chi connectivity index (χ2n) is 8.39. The van der Waals surface area contributed by atoms with Gasteiger partial charge in [0.05, 0.1) is 11.4 Å². The van der Waals surface area contributed by atoms with E-state index in [9.17, 15) is 0 Å². The molecule has 0 amide bonds. The Labute approximate surface area is 200 Å². The van der Waals surface area contributed by atoms with Crippen LogP contribution in [0.3, 0.4) is 0 Å². The zero-order valence-corrected chi connectivity index (χ0v) is 19.2. The molecule has 0 atom stereocenters. The second kappa shape index (κ2) is 9.21. The summed E-state index contributed by atoms with van der Waals surface area (Å²) in [5, 5.41) is 4.82. The Morgan fingerprint density at radius 3 is 1.97 bits per heavy atom. The third kappa shape index (κ3) is 3.91. The zero-order valence-electron chi connectivity index (χ0n) is 19.2. The number of nitrogens with two attached hydrogens (primary N) is 1. The van der Waals surface area contributed by atoms with Crippen LogP contribution in [-0.4, -0.2) is 4.98 Å². The fourth-order valence-electron chi connectivity index (χ4n) is 4.59. The highest BCUT2D eigenvalue weighted by Crippen LogP contribution is 2.43. The van der Waals surface area contributed by atoms with Crippen molar-refractivity contribution >= 4 is 27.1 Å². The lowest BCUT2D eigenvalue weighted by molar-refractivity contribution is 1.29. The molecule has 0 radical (unpaired) electrons. The smallest absolute Gasteiger partial charge is 0.0722 e. The standard InChI is InChI=1S/C32H26N2/c1-22-11-9-13-24(21-22)31-25-14-3-5-16-27(25)32(28-17-6-4-15-26(28)31)30-19-10-18-29(34-30)23(2)12-7-8-20-33/h3-21H,2,33H2,1H3/b12-7-,20-8-. The Balaban J connectivity index is 1.81. The maximum Gasteiger partial charge on any atom is 0.0722 e. The third-order valence-electron chi connectivity index (χ3n) is 6.09. The van der Waals surface area contributed by atoms with Crippen molar-refractivity contribution in [3.63, 3.8) is 0 Å². The topological polar surface area (TPSA) is 38.9 Å². The molecule has 0 fully saturated rings. The van der Waals surface area contributed by atoms with Gasteiger partial charge in [-0.15, -0.1) is 0 Å². The van der Waals surface area contributed by atoms with Crippen LogP contribution in [0.5, 0.6) is 0 Å². The third-order valence-corrected chi connectivity index (χ3v) is 6.09. The summed E-state index contributed by atoms with van der Waals surface area (Å²) in [5.41, 5.74) is 12.9. The lowest BCUT2D eigenvalue weighted by atomic mass is 9.87. The number of allylic oxidation sites excluding steroid dienone is 4. The van der Waals surface area contributed by atoms with Crippen LogP contribution in [0.25, 0.3) is 49.5 Å². The molecular weight excluding hydrogens is 412 g/mol. The molecule has 0 saturated heterocycles. The molecule has 4 aromatic carbocycles. The van der Waals surface area contributed by atoms with Crippen LogP contribution in [0.1, 0.15) is 11.3 Å². The Morgan fingerprint density at radius 2 is 1.35 bits per heavy atom. The van der Waals surface area contributed by atoms with Gasteiger partial charge in [-0.25, -0.2) is 4.98 Å². The molecule has 5 aromatic rings. The minimum atomic E-state index is 0.838. The molecule has 0 spiro atoms. The molecule has 0 saturated carbocycles. The van der Waals surface area contributed by atoms with E-state index in [1.165, 1.54) is 44.4 Å². The lowest BCUT2D eigenvalue weighted by Gasteiger charge is -2.17. The van der Waals surface area contributed by atoms with E-state index in [0.29, 0.717) is 0 Å². The predicted octanol–water partition coefficient (Wildman–Crippen LogP) is 8.07. The van der Waals surface area contributed by atoms with Gasteiger partial charge in [-0.1, -0.05) is 103 Å². The van der Waals surface area contributed by atoms with Crippen molar-refractivity contribution in [3.05, 3.63) is 133 Å². The molecule has 1 heterocycles. The first kappa shape index (κ1) is 21.4. The number of hydrogen-bond donors (Lipinski definition) is 1. The van der Waals surface area contributed by atoms with E-state index in [0.717, 1.165) is 22.5 Å². The first-order valence-electron chi connectivity index (χ1n) is 11.4. The van der Waals surface area contributed by atoms with Crippen molar-refractivity contribution in [2.75, 3.05) is 0 Å². The summed E-state index contributed by atoms with van der Waals surface area (Å²) in [6.07, 6.45) is 7.08. The van der Waals surface area contributed by atoms with Crippen LogP contribution in [-0.2, 0) is 0 Å². The molecule has 2 N–H and O–H groups in total. The molecule has 2 nitrogen and oxygen atoms in total. The molecule has 164 valence electrons. The minimum Gasteiger partial charge on any atom is -0.405 e. The summed E-state index contributed by atoms with van der Waals surface area (Å²) in [6.45, 7) is 6.34. The number of nitrogens with zero attached hydrogens (tertiary/aromatic N) is 1. The number of aromatic nitrogens is 1. The SMILES string of the molecule is C=C(/C=C\C=C/N)c1cccc(-c2c3ccccc3c(-c3cccc(C)c3)c3ccccc23)n1. The van der Waals surface area contributed by atoms with Crippen LogP contribution in [0.15, 0.2) is 122 Å². The van der Waals surface area contributed by atoms with Crippen molar-refractivity contribution in [2.45, 2.75) is 6.92 Å². The molecule has 0 aliphatic heterocycles. The van der Waals surface area contributed by atoms with Crippen LogP contribution < -0.4 is 5.73 Å². The van der Waals surface area contributed by atoms with Gasteiger partial charge in [-0.2, -0.15) is 0 Å². The van der Waals surface area contributed by atoms with E-state index in [1.807, 2.05) is 24.3 Å². The maximum atomic E-state index is 5.44. The number of pyridine rings is 1. The molecule has 5 rings (SSSR count). The highest BCUT2D eigenvalue weighted by atomic mass is 14.7. The first-order valence-corrected chi connectivity index (χ1v) is 11.4. The van der Waals surface area contributed by atoms with Gasteiger partial charge < -0.3 is 5.73 Å². The first-order chi connectivity index (χ1) is 16.7. The van der Waals surface area contributed by atoms with E-state index in [1.54, 1.807) is 6.08 Å². The van der Waals surface area contributed by atoms with Crippen molar-refractivity contribution in [1.82, 2.24) is 4.98 Å². The van der Waals surface area contributed by atoms with Gasteiger partial charge in [-0.3, -0.25) is 0 Å². The molecule has 0 aliphatic rings. The number of aryl methyl sites for hydroxylation is 1. The maximum absolute atomic E-state index is 5.44. The van der Waals surface area contributed by atoms with E-state index in [4.69, 9.17) is 10.7 Å². The Bertz CT molecular complexity index is 1530. The van der Waals surface area contributed by atoms with Crippen molar-refractivity contribution < 1.29 is 0 Å². The van der Waals surface area contributed by atoms with Crippen LogP contribution in [0.4, 0.5) is 0 Å².